The Labute approximate surface area is 160 Å². The van der Waals surface area contributed by atoms with Crippen LogP contribution in [0, 0.1) is 0 Å². The van der Waals surface area contributed by atoms with Crippen molar-refractivity contribution in [1.29, 1.82) is 0 Å². The molecule has 0 aromatic carbocycles. The fourth-order valence-corrected chi connectivity index (χ4v) is 4.26. The summed E-state index contributed by atoms with van der Waals surface area (Å²) in [6.45, 7) is 1.70. The first kappa shape index (κ1) is 19.0. The van der Waals surface area contributed by atoms with Crippen LogP contribution in [0.4, 0.5) is 0 Å². The molecule has 0 unspecified atom stereocenters. The van der Waals surface area contributed by atoms with E-state index in [4.69, 9.17) is 0 Å². The molecule has 1 aliphatic carbocycles. The lowest BCUT2D eigenvalue weighted by Gasteiger charge is -2.35. The summed E-state index contributed by atoms with van der Waals surface area (Å²) in [5.74, 6) is 0.205. The van der Waals surface area contributed by atoms with E-state index >= 15 is 0 Å². The molecule has 1 amide bonds. The van der Waals surface area contributed by atoms with Gasteiger partial charge < -0.3 is 9.80 Å². The molecular weight excluding hydrogens is 344 g/mol. The largest absolute Gasteiger partial charge is 0.338 e. The van der Waals surface area contributed by atoms with E-state index in [-0.39, 0.29) is 5.91 Å². The summed E-state index contributed by atoms with van der Waals surface area (Å²) in [5, 5.41) is 2.87. The van der Waals surface area contributed by atoms with Crippen molar-refractivity contribution in [1.82, 2.24) is 19.8 Å². The Morgan fingerprint density at radius 2 is 2.00 bits per heavy atom. The van der Waals surface area contributed by atoms with E-state index in [1.165, 1.54) is 19.3 Å². The number of amides is 1. The molecule has 2 aromatic heterocycles. The van der Waals surface area contributed by atoms with E-state index < -0.39 is 0 Å². The minimum absolute atomic E-state index is 0.205. The van der Waals surface area contributed by atoms with E-state index in [0.717, 1.165) is 42.3 Å². The zero-order valence-corrected chi connectivity index (χ0v) is 16.5. The lowest BCUT2D eigenvalue weighted by molar-refractivity contribution is -0.133. The molecule has 140 valence electrons. The average molecular weight is 373 g/mol. The lowest BCUT2D eigenvalue weighted by atomic mass is 9.94. The third-order valence-electron chi connectivity index (χ3n) is 4.89. The van der Waals surface area contributed by atoms with Crippen LogP contribution >= 0.6 is 11.3 Å². The van der Waals surface area contributed by atoms with Gasteiger partial charge in [0.05, 0.1) is 17.8 Å². The van der Waals surface area contributed by atoms with Gasteiger partial charge in [0, 0.05) is 30.7 Å². The van der Waals surface area contributed by atoms with Crippen molar-refractivity contribution < 1.29 is 4.79 Å². The Morgan fingerprint density at radius 1 is 1.19 bits per heavy atom. The van der Waals surface area contributed by atoms with Crippen molar-refractivity contribution in [2.75, 3.05) is 27.2 Å². The van der Waals surface area contributed by atoms with Crippen LogP contribution in [0.5, 0.6) is 0 Å². The predicted octanol–water partition coefficient (Wildman–Crippen LogP) is 3.47. The number of thiazole rings is 1. The highest BCUT2D eigenvalue weighted by Gasteiger charge is 2.25. The van der Waals surface area contributed by atoms with Gasteiger partial charge in [0.2, 0.25) is 5.91 Å². The Hall–Kier alpha value is -1.79. The standard InChI is InChI=1S/C20H28N4OS/c1-23(2)12-13-24(17-8-4-3-5-9-17)19(25)14-16-15-26-20(22-16)18-10-6-7-11-21-18/h6-7,10-11,15,17H,3-5,8-9,12-14H2,1-2H3. The zero-order valence-electron chi connectivity index (χ0n) is 15.7. The number of carbonyl (C=O) groups excluding carboxylic acids is 1. The van der Waals surface area contributed by atoms with E-state index in [9.17, 15) is 4.79 Å². The molecule has 0 N–H and O–H groups in total. The summed E-state index contributed by atoms with van der Waals surface area (Å²) in [6, 6.07) is 6.20. The maximum atomic E-state index is 13.0. The summed E-state index contributed by atoms with van der Waals surface area (Å²) in [5.41, 5.74) is 1.72. The number of nitrogens with zero attached hydrogens (tertiary/aromatic N) is 4. The highest BCUT2D eigenvalue weighted by Crippen LogP contribution is 2.25. The molecule has 0 aliphatic heterocycles. The van der Waals surface area contributed by atoms with Gasteiger partial charge in [-0.05, 0) is 39.1 Å². The van der Waals surface area contributed by atoms with Crippen LogP contribution < -0.4 is 0 Å². The van der Waals surface area contributed by atoms with Crippen LogP contribution in [-0.4, -0.2) is 58.9 Å². The molecule has 5 nitrogen and oxygen atoms in total. The van der Waals surface area contributed by atoms with Gasteiger partial charge in [0.25, 0.3) is 0 Å². The normalized spacial score (nSPS) is 15.3. The third-order valence-corrected chi connectivity index (χ3v) is 5.81. The van der Waals surface area contributed by atoms with E-state index in [0.29, 0.717) is 12.5 Å². The van der Waals surface area contributed by atoms with Gasteiger partial charge in [-0.1, -0.05) is 25.3 Å². The quantitative estimate of drug-likeness (QED) is 0.747. The average Bonchev–Trinajstić information content (AvgIpc) is 3.12. The van der Waals surface area contributed by atoms with Crippen molar-refractivity contribution in [3.63, 3.8) is 0 Å². The molecule has 1 fully saturated rings. The van der Waals surface area contributed by atoms with Gasteiger partial charge in [-0.25, -0.2) is 4.98 Å². The van der Waals surface area contributed by atoms with Crippen LogP contribution in [0.3, 0.4) is 0 Å². The maximum Gasteiger partial charge on any atom is 0.228 e. The van der Waals surface area contributed by atoms with Gasteiger partial charge in [0.15, 0.2) is 0 Å². The first-order valence-corrected chi connectivity index (χ1v) is 10.3. The monoisotopic (exact) mass is 372 g/mol. The van der Waals surface area contributed by atoms with Crippen molar-refractivity contribution in [3.8, 4) is 10.7 Å². The maximum absolute atomic E-state index is 13.0. The third kappa shape index (κ3) is 5.11. The van der Waals surface area contributed by atoms with Crippen LogP contribution in [0.15, 0.2) is 29.8 Å². The second-order valence-electron chi connectivity index (χ2n) is 7.22. The number of likely N-dealkylation sites (N-methyl/N-ethyl adjacent to an activating group) is 1. The number of rotatable bonds is 7. The van der Waals surface area contributed by atoms with Crippen molar-refractivity contribution in [2.45, 2.75) is 44.6 Å². The summed E-state index contributed by atoms with van der Waals surface area (Å²) < 4.78 is 0. The van der Waals surface area contributed by atoms with Crippen LogP contribution in [-0.2, 0) is 11.2 Å². The Morgan fingerprint density at radius 3 is 2.69 bits per heavy atom. The zero-order chi connectivity index (χ0) is 18.4. The van der Waals surface area contributed by atoms with Crippen LogP contribution in [0.2, 0.25) is 0 Å². The fraction of sp³-hybridized carbons (Fsp3) is 0.550. The van der Waals surface area contributed by atoms with Crippen molar-refractivity contribution in [3.05, 3.63) is 35.5 Å². The summed E-state index contributed by atoms with van der Waals surface area (Å²) in [6.07, 6.45) is 8.19. The molecule has 0 spiro atoms. The van der Waals surface area contributed by atoms with Gasteiger partial charge in [-0.3, -0.25) is 9.78 Å². The molecule has 0 bridgehead atoms. The molecule has 0 saturated heterocycles. The SMILES string of the molecule is CN(C)CCN(C(=O)Cc1csc(-c2ccccn2)n1)C1CCCCC1. The van der Waals surface area contributed by atoms with Crippen molar-refractivity contribution in [2.24, 2.45) is 0 Å². The fourth-order valence-electron chi connectivity index (χ4n) is 3.46. The topological polar surface area (TPSA) is 49.3 Å². The molecule has 3 rings (SSSR count). The molecular formula is C20H28N4OS. The lowest BCUT2D eigenvalue weighted by Crippen LogP contribution is -2.45. The van der Waals surface area contributed by atoms with Crippen LogP contribution in [0.25, 0.3) is 10.7 Å². The number of hydrogen-bond donors (Lipinski definition) is 0. The minimum Gasteiger partial charge on any atom is -0.338 e. The minimum atomic E-state index is 0.205. The smallest absolute Gasteiger partial charge is 0.228 e. The number of hydrogen-bond acceptors (Lipinski definition) is 5. The van der Waals surface area contributed by atoms with E-state index in [2.05, 4.69) is 33.9 Å². The molecule has 2 aromatic rings. The molecule has 1 saturated carbocycles. The summed E-state index contributed by atoms with van der Waals surface area (Å²) in [4.78, 5) is 26.3. The second kappa shape index (κ2) is 9.24. The second-order valence-corrected chi connectivity index (χ2v) is 8.08. The highest BCUT2D eigenvalue weighted by molar-refractivity contribution is 7.13. The van der Waals surface area contributed by atoms with E-state index in [1.807, 2.05) is 23.6 Å². The molecule has 6 heteroatoms. The van der Waals surface area contributed by atoms with Gasteiger partial charge in [-0.2, -0.15) is 0 Å². The molecule has 2 heterocycles. The Bertz CT molecular complexity index is 695. The molecule has 26 heavy (non-hydrogen) atoms. The summed E-state index contributed by atoms with van der Waals surface area (Å²) >= 11 is 1.56. The van der Waals surface area contributed by atoms with Crippen LogP contribution in [0.1, 0.15) is 37.8 Å². The Balaban J connectivity index is 1.67. The van der Waals surface area contributed by atoms with Gasteiger partial charge in [0.1, 0.15) is 5.01 Å². The first-order valence-electron chi connectivity index (χ1n) is 9.43. The molecule has 0 atom stereocenters. The number of aromatic nitrogens is 2. The Kier molecular flexibility index (Phi) is 6.74. The van der Waals surface area contributed by atoms with Gasteiger partial charge in [-0.15, -0.1) is 11.3 Å². The van der Waals surface area contributed by atoms with E-state index in [1.54, 1.807) is 17.5 Å². The highest BCUT2D eigenvalue weighted by atomic mass is 32.1. The predicted molar refractivity (Wildman–Crippen MR) is 106 cm³/mol. The first-order chi connectivity index (χ1) is 12.6. The number of carbonyl (C=O) groups is 1. The summed E-state index contributed by atoms with van der Waals surface area (Å²) in [7, 11) is 4.12. The molecule has 1 aliphatic rings. The van der Waals surface area contributed by atoms with Crippen molar-refractivity contribution >= 4 is 17.2 Å². The van der Waals surface area contributed by atoms with Gasteiger partial charge >= 0.3 is 0 Å². The molecule has 0 radical (unpaired) electrons. The number of pyridine rings is 1.